The van der Waals surface area contributed by atoms with Gasteiger partial charge in [-0.05, 0) is 56.1 Å². The third kappa shape index (κ3) is 3.06. The summed E-state index contributed by atoms with van der Waals surface area (Å²) in [7, 11) is 0. The summed E-state index contributed by atoms with van der Waals surface area (Å²) < 4.78 is 1.71. The van der Waals surface area contributed by atoms with Crippen LogP contribution in [0, 0.1) is 0 Å². The zero-order valence-corrected chi connectivity index (χ0v) is 13.6. The SMILES string of the molecule is Nc1ccc(Cl)c(NC(=O)c2cc(Br)c(Br)s2)c1. The summed E-state index contributed by atoms with van der Waals surface area (Å²) in [4.78, 5) is 12.6. The van der Waals surface area contributed by atoms with Crippen molar-refractivity contribution in [2.45, 2.75) is 0 Å². The van der Waals surface area contributed by atoms with E-state index in [-0.39, 0.29) is 5.91 Å². The van der Waals surface area contributed by atoms with Crippen LogP contribution in [0.5, 0.6) is 0 Å². The second kappa shape index (κ2) is 5.61. The van der Waals surface area contributed by atoms with Crippen molar-refractivity contribution in [3.63, 3.8) is 0 Å². The Morgan fingerprint density at radius 3 is 2.67 bits per heavy atom. The van der Waals surface area contributed by atoms with Crippen molar-refractivity contribution in [2.75, 3.05) is 11.1 Å². The molecule has 1 aromatic carbocycles. The lowest BCUT2D eigenvalue weighted by atomic mass is 10.2. The Morgan fingerprint density at radius 2 is 2.06 bits per heavy atom. The fourth-order valence-electron chi connectivity index (χ4n) is 1.28. The lowest BCUT2D eigenvalue weighted by Gasteiger charge is -2.06. The Kier molecular flexibility index (Phi) is 4.32. The quantitative estimate of drug-likeness (QED) is 0.702. The third-order valence-corrected chi connectivity index (χ3v) is 5.69. The minimum Gasteiger partial charge on any atom is -0.399 e. The van der Waals surface area contributed by atoms with E-state index < -0.39 is 0 Å². The Balaban J connectivity index is 2.23. The number of benzene rings is 1. The number of amides is 1. The second-order valence-corrected chi connectivity index (χ2v) is 7.06. The van der Waals surface area contributed by atoms with Crippen molar-refractivity contribution in [3.8, 4) is 0 Å². The van der Waals surface area contributed by atoms with Gasteiger partial charge in [0, 0.05) is 10.2 Å². The highest BCUT2D eigenvalue weighted by Gasteiger charge is 2.13. The first-order valence-corrected chi connectivity index (χ1v) is 7.56. The summed E-state index contributed by atoms with van der Waals surface area (Å²) in [5.41, 5.74) is 6.69. The number of anilines is 2. The van der Waals surface area contributed by atoms with Crippen LogP contribution in [0.25, 0.3) is 0 Å². The first kappa shape index (κ1) is 13.9. The molecule has 2 rings (SSSR count). The molecule has 1 amide bonds. The maximum absolute atomic E-state index is 12.0. The molecule has 0 unspecified atom stereocenters. The van der Waals surface area contributed by atoms with E-state index in [9.17, 15) is 4.79 Å². The van der Waals surface area contributed by atoms with Gasteiger partial charge < -0.3 is 11.1 Å². The minimum atomic E-state index is -0.223. The van der Waals surface area contributed by atoms with E-state index in [4.69, 9.17) is 17.3 Å². The number of thiophene rings is 1. The standard InChI is InChI=1S/C11H7Br2ClN2OS/c12-6-4-9(18-10(6)13)11(17)16-8-3-5(15)1-2-7(8)14/h1-4H,15H2,(H,16,17). The lowest BCUT2D eigenvalue weighted by Crippen LogP contribution is -2.10. The lowest BCUT2D eigenvalue weighted by molar-refractivity contribution is 0.103. The first-order valence-electron chi connectivity index (χ1n) is 4.78. The van der Waals surface area contributed by atoms with Crippen LogP contribution in [-0.2, 0) is 0 Å². The second-order valence-electron chi connectivity index (χ2n) is 3.43. The number of carbonyl (C=O) groups is 1. The molecule has 94 valence electrons. The fraction of sp³-hybridized carbons (Fsp3) is 0. The van der Waals surface area contributed by atoms with Gasteiger partial charge in [-0.25, -0.2) is 0 Å². The highest BCUT2D eigenvalue weighted by atomic mass is 79.9. The average molecular weight is 411 g/mol. The van der Waals surface area contributed by atoms with Gasteiger partial charge in [-0.3, -0.25) is 4.79 Å². The largest absolute Gasteiger partial charge is 0.399 e. The molecule has 2 aromatic rings. The number of rotatable bonds is 2. The van der Waals surface area contributed by atoms with E-state index in [1.54, 1.807) is 24.3 Å². The van der Waals surface area contributed by atoms with Crippen LogP contribution in [0.1, 0.15) is 9.67 Å². The molecule has 0 saturated heterocycles. The summed E-state index contributed by atoms with van der Waals surface area (Å²) in [5.74, 6) is -0.223. The Labute approximate surface area is 130 Å². The third-order valence-electron chi connectivity index (χ3n) is 2.11. The molecule has 0 aliphatic carbocycles. The van der Waals surface area contributed by atoms with E-state index in [0.29, 0.717) is 21.3 Å². The van der Waals surface area contributed by atoms with Gasteiger partial charge in [-0.1, -0.05) is 11.6 Å². The molecular weight excluding hydrogens is 403 g/mol. The number of nitrogen functional groups attached to an aromatic ring is 1. The Hall–Kier alpha value is -0.560. The molecule has 3 N–H and O–H groups in total. The predicted molar refractivity (Wildman–Crippen MR) is 83.5 cm³/mol. The van der Waals surface area contributed by atoms with Crippen LogP contribution in [0.15, 0.2) is 32.5 Å². The molecule has 18 heavy (non-hydrogen) atoms. The number of halogens is 3. The van der Waals surface area contributed by atoms with Gasteiger partial charge in [-0.15, -0.1) is 11.3 Å². The number of nitrogens with two attached hydrogens (primary N) is 1. The molecule has 1 heterocycles. The normalized spacial score (nSPS) is 10.4. The van der Waals surface area contributed by atoms with E-state index in [2.05, 4.69) is 37.2 Å². The molecule has 0 aliphatic rings. The summed E-state index contributed by atoms with van der Waals surface area (Å²) >= 11 is 14.0. The molecule has 0 fully saturated rings. The van der Waals surface area contributed by atoms with Crippen molar-refractivity contribution >= 4 is 72.1 Å². The molecule has 0 atom stereocenters. The molecule has 0 bridgehead atoms. The van der Waals surface area contributed by atoms with Gasteiger partial charge in [0.1, 0.15) is 0 Å². The summed E-state index contributed by atoms with van der Waals surface area (Å²) in [6.45, 7) is 0. The van der Waals surface area contributed by atoms with Crippen molar-refractivity contribution in [2.24, 2.45) is 0 Å². The van der Waals surface area contributed by atoms with Crippen LogP contribution < -0.4 is 11.1 Å². The van der Waals surface area contributed by atoms with Gasteiger partial charge in [0.2, 0.25) is 0 Å². The molecule has 0 radical (unpaired) electrons. The highest BCUT2D eigenvalue weighted by Crippen LogP contribution is 2.33. The monoisotopic (exact) mass is 408 g/mol. The van der Waals surface area contributed by atoms with Crippen LogP contribution in [-0.4, -0.2) is 5.91 Å². The molecule has 1 aromatic heterocycles. The number of hydrogen-bond acceptors (Lipinski definition) is 3. The van der Waals surface area contributed by atoms with Crippen molar-refractivity contribution in [1.82, 2.24) is 0 Å². The van der Waals surface area contributed by atoms with Crippen molar-refractivity contribution in [3.05, 3.63) is 42.4 Å². The Bertz CT molecular complexity index is 596. The van der Waals surface area contributed by atoms with E-state index in [0.717, 1.165) is 8.26 Å². The van der Waals surface area contributed by atoms with Gasteiger partial charge in [0.15, 0.2) is 0 Å². The van der Waals surface area contributed by atoms with E-state index >= 15 is 0 Å². The number of hydrogen-bond donors (Lipinski definition) is 2. The zero-order chi connectivity index (χ0) is 13.3. The average Bonchev–Trinajstić information content (AvgIpc) is 2.64. The first-order chi connectivity index (χ1) is 8.47. The van der Waals surface area contributed by atoms with Crippen molar-refractivity contribution in [1.29, 1.82) is 0 Å². The van der Waals surface area contributed by atoms with E-state index in [1.807, 2.05) is 0 Å². The fourth-order valence-corrected chi connectivity index (χ4v) is 3.38. The van der Waals surface area contributed by atoms with Crippen LogP contribution in [0.4, 0.5) is 11.4 Å². The van der Waals surface area contributed by atoms with E-state index in [1.165, 1.54) is 11.3 Å². The molecule has 3 nitrogen and oxygen atoms in total. The van der Waals surface area contributed by atoms with Gasteiger partial charge in [0.25, 0.3) is 5.91 Å². The highest BCUT2D eigenvalue weighted by molar-refractivity contribution is 9.13. The van der Waals surface area contributed by atoms with Crippen LogP contribution in [0.2, 0.25) is 5.02 Å². The molecule has 0 spiro atoms. The minimum absolute atomic E-state index is 0.223. The summed E-state index contributed by atoms with van der Waals surface area (Å²) in [6.07, 6.45) is 0. The van der Waals surface area contributed by atoms with Gasteiger partial charge in [0.05, 0.1) is 19.4 Å². The smallest absolute Gasteiger partial charge is 0.265 e. The molecule has 0 saturated carbocycles. The van der Waals surface area contributed by atoms with Crippen LogP contribution in [0.3, 0.4) is 0 Å². The number of nitrogens with one attached hydrogen (secondary N) is 1. The maximum atomic E-state index is 12.0. The zero-order valence-electron chi connectivity index (χ0n) is 8.84. The summed E-state index contributed by atoms with van der Waals surface area (Å²) in [6, 6.07) is 6.69. The molecular formula is C11H7Br2ClN2OS. The maximum Gasteiger partial charge on any atom is 0.265 e. The topological polar surface area (TPSA) is 55.1 Å². The predicted octanol–water partition coefficient (Wildman–Crippen LogP) is 4.76. The number of carbonyl (C=O) groups excluding carboxylic acids is 1. The molecule has 0 aliphatic heterocycles. The summed E-state index contributed by atoms with van der Waals surface area (Å²) in [5, 5.41) is 3.18. The van der Waals surface area contributed by atoms with Crippen molar-refractivity contribution < 1.29 is 4.79 Å². The van der Waals surface area contributed by atoms with Gasteiger partial charge in [-0.2, -0.15) is 0 Å². The Morgan fingerprint density at radius 1 is 1.33 bits per heavy atom. The molecule has 7 heteroatoms. The van der Waals surface area contributed by atoms with Gasteiger partial charge >= 0.3 is 0 Å². The van der Waals surface area contributed by atoms with Crippen LogP contribution >= 0.6 is 54.8 Å².